The molecule has 0 fully saturated rings. The molecule has 0 amide bonds. The van der Waals surface area contributed by atoms with Crippen molar-refractivity contribution in [3.8, 4) is 0 Å². The van der Waals surface area contributed by atoms with Crippen LogP contribution in [0.3, 0.4) is 0 Å². The van der Waals surface area contributed by atoms with E-state index in [1.807, 2.05) is 17.7 Å². The lowest BCUT2D eigenvalue weighted by atomic mass is 10.1. The zero-order chi connectivity index (χ0) is 15.6. The van der Waals surface area contributed by atoms with Gasteiger partial charge >= 0.3 is 5.97 Å². The van der Waals surface area contributed by atoms with Crippen LogP contribution in [0.4, 0.5) is 15.8 Å². The molecule has 8 heteroatoms. The Bertz CT molecular complexity index is 714. The number of nitrogens with zero attached hydrogens (tertiary/aromatic N) is 1. The third-order valence-electron chi connectivity index (χ3n) is 2.94. The summed E-state index contributed by atoms with van der Waals surface area (Å²) >= 11 is 1.49. The van der Waals surface area contributed by atoms with Crippen molar-refractivity contribution in [2.24, 2.45) is 0 Å². The number of hydrogen-bond donors (Lipinski definition) is 2. The number of aromatic carboxylic acids is 1. The number of nitro benzene ring substituents is 1. The number of carboxylic acids is 1. The van der Waals surface area contributed by atoms with E-state index in [0.717, 1.165) is 17.2 Å². The lowest BCUT2D eigenvalue weighted by Crippen LogP contribution is -2.07. The molecule has 0 spiro atoms. The van der Waals surface area contributed by atoms with Gasteiger partial charge in [0.2, 0.25) is 0 Å². The minimum Gasteiger partial charge on any atom is -0.478 e. The lowest BCUT2D eigenvalue weighted by molar-refractivity contribution is -0.384. The molecule has 0 saturated carbocycles. The highest BCUT2D eigenvalue weighted by molar-refractivity contribution is 7.08. The number of carboxylic acid groups (broad SMARTS) is 1. The first kappa shape index (κ1) is 14.9. The molecular formula is C13H11FN2O4S. The Morgan fingerprint density at radius 2 is 2.19 bits per heavy atom. The standard InChI is InChI=1S/C13H11FN2O4S/c1-7-5-21-6-8(7)4-15-11-2-9(13(17)18)10(14)3-12(11)16(19)20/h2-3,5-6,15H,4H2,1H3,(H,17,18). The molecule has 2 aromatic rings. The highest BCUT2D eigenvalue weighted by Gasteiger charge is 2.21. The number of benzene rings is 1. The highest BCUT2D eigenvalue weighted by atomic mass is 32.1. The number of thiophene rings is 1. The van der Waals surface area contributed by atoms with Gasteiger partial charge in [0.15, 0.2) is 0 Å². The maximum atomic E-state index is 13.5. The molecule has 2 N–H and O–H groups in total. The Balaban J connectivity index is 2.36. The quantitative estimate of drug-likeness (QED) is 0.652. The summed E-state index contributed by atoms with van der Waals surface area (Å²) in [4.78, 5) is 21.1. The van der Waals surface area contributed by atoms with Crippen LogP contribution in [-0.4, -0.2) is 16.0 Å². The number of nitro groups is 1. The second-order valence-electron chi connectivity index (χ2n) is 4.35. The third kappa shape index (κ3) is 3.16. The van der Waals surface area contributed by atoms with Gasteiger partial charge in [-0.2, -0.15) is 11.3 Å². The zero-order valence-electron chi connectivity index (χ0n) is 10.9. The van der Waals surface area contributed by atoms with Crippen molar-refractivity contribution >= 4 is 28.7 Å². The van der Waals surface area contributed by atoms with Crippen LogP contribution in [-0.2, 0) is 6.54 Å². The summed E-state index contributed by atoms with van der Waals surface area (Å²) in [5.41, 5.74) is 0.839. The van der Waals surface area contributed by atoms with Gasteiger partial charge in [-0.05, 0) is 34.9 Å². The van der Waals surface area contributed by atoms with Crippen LogP contribution in [0, 0.1) is 22.9 Å². The number of carbonyl (C=O) groups is 1. The summed E-state index contributed by atoms with van der Waals surface area (Å²) in [6, 6.07) is 1.56. The topological polar surface area (TPSA) is 92.5 Å². The normalized spacial score (nSPS) is 10.4. The largest absolute Gasteiger partial charge is 0.478 e. The molecular weight excluding hydrogens is 299 g/mol. The van der Waals surface area contributed by atoms with Crippen molar-refractivity contribution in [3.63, 3.8) is 0 Å². The number of aryl methyl sites for hydroxylation is 1. The molecule has 1 aromatic heterocycles. The summed E-state index contributed by atoms with van der Waals surface area (Å²) in [6.45, 7) is 2.19. The van der Waals surface area contributed by atoms with E-state index < -0.39 is 28.0 Å². The van der Waals surface area contributed by atoms with Gasteiger partial charge in [-0.3, -0.25) is 10.1 Å². The lowest BCUT2D eigenvalue weighted by Gasteiger charge is -2.08. The molecule has 0 unspecified atom stereocenters. The maximum absolute atomic E-state index is 13.5. The van der Waals surface area contributed by atoms with Crippen LogP contribution < -0.4 is 5.32 Å². The molecule has 1 aromatic carbocycles. The molecule has 0 aliphatic rings. The second-order valence-corrected chi connectivity index (χ2v) is 5.09. The Hall–Kier alpha value is -2.48. The van der Waals surface area contributed by atoms with Gasteiger partial charge in [0, 0.05) is 6.54 Å². The van der Waals surface area contributed by atoms with Crippen molar-refractivity contribution in [1.29, 1.82) is 0 Å². The molecule has 0 aliphatic heterocycles. The molecule has 21 heavy (non-hydrogen) atoms. The average Bonchev–Trinajstić information content (AvgIpc) is 2.82. The monoisotopic (exact) mass is 310 g/mol. The molecule has 0 bridgehead atoms. The first-order valence-electron chi connectivity index (χ1n) is 5.87. The van der Waals surface area contributed by atoms with E-state index in [-0.39, 0.29) is 5.69 Å². The number of hydrogen-bond acceptors (Lipinski definition) is 5. The van der Waals surface area contributed by atoms with E-state index in [9.17, 15) is 19.3 Å². The molecule has 1 heterocycles. The van der Waals surface area contributed by atoms with Crippen molar-refractivity contribution in [2.45, 2.75) is 13.5 Å². The van der Waals surface area contributed by atoms with Gasteiger partial charge in [-0.15, -0.1) is 0 Å². The van der Waals surface area contributed by atoms with Crippen molar-refractivity contribution in [1.82, 2.24) is 0 Å². The first-order valence-corrected chi connectivity index (χ1v) is 6.81. The molecule has 0 atom stereocenters. The van der Waals surface area contributed by atoms with Crippen molar-refractivity contribution < 1.29 is 19.2 Å². The van der Waals surface area contributed by atoms with Gasteiger partial charge in [-0.1, -0.05) is 0 Å². The van der Waals surface area contributed by atoms with E-state index in [1.54, 1.807) is 0 Å². The van der Waals surface area contributed by atoms with Crippen LogP contribution in [0.2, 0.25) is 0 Å². The fourth-order valence-corrected chi connectivity index (χ4v) is 2.63. The summed E-state index contributed by atoms with van der Waals surface area (Å²) in [5.74, 6) is -2.61. The predicted octanol–water partition coefficient (Wildman–Crippen LogP) is 3.41. The van der Waals surface area contributed by atoms with Crippen LogP contribution in [0.15, 0.2) is 22.9 Å². The number of halogens is 1. The summed E-state index contributed by atoms with van der Waals surface area (Å²) < 4.78 is 13.5. The van der Waals surface area contributed by atoms with E-state index in [1.165, 1.54) is 11.3 Å². The Morgan fingerprint density at radius 3 is 2.71 bits per heavy atom. The predicted molar refractivity (Wildman–Crippen MR) is 76.4 cm³/mol. The summed E-state index contributed by atoms with van der Waals surface area (Å²) in [6.07, 6.45) is 0. The van der Waals surface area contributed by atoms with Crippen LogP contribution >= 0.6 is 11.3 Å². The van der Waals surface area contributed by atoms with Gasteiger partial charge in [0.25, 0.3) is 5.69 Å². The Kier molecular flexibility index (Phi) is 4.18. The van der Waals surface area contributed by atoms with Gasteiger partial charge < -0.3 is 10.4 Å². The smallest absolute Gasteiger partial charge is 0.338 e. The number of rotatable bonds is 5. The minimum atomic E-state index is -1.47. The SMILES string of the molecule is Cc1cscc1CNc1cc(C(=O)O)c(F)cc1[N+](=O)[O-]. The Labute approximate surface area is 123 Å². The number of nitrogens with one attached hydrogen (secondary N) is 1. The maximum Gasteiger partial charge on any atom is 0.338 e. The van der Waals surface area contributed by atoms with Crippen LogP contribution in [0.5, 0.6) is 0 Å². The Morgan fingerprint density at radius 1 is 1.48 bits per heavy atom. The highest BCUT2D eigenvalue weighted by Crippen LogP contribution is 2.29. The van der Waals surface area contributed by atoms with E-state index in [0.29, 0.717) is 12.6 Å². The average molecular weight is 310 g/mol. The molecule has 0 aliphatic carbocycles. The van der Waals surface area contributed by atoms with Crippen LogP contribution in [0.1, 0.15) is 21.5 Å². The molecule has 0 saturated heterocycles. The van der Waals surface area contributed by atoms with Crippen LogP contribution in [0.25, 0.3) is 0 Å². The molecule has 2 rings (SSSR count). The molecule has 110 valence electrons. The van der Waals surface area contributed by atoms with Crippen molar-refractivity contribution in [2.75, 3.05) is 5.32 Å². The summed E-state index contributed by atoms with van der Waals surface area (Å²) in [5, 5.41) is 26.4. The molecule has 6 nitrogen and oxygen atoms in total. The van der Waals surface area contributed by atoms with Gasteiger partial charge in [0.1, 0.15) is 11.5 Å². The summed E-state index contributed by atoms with van der Waals surface area (Å²) in [7, 11) is 0. The van der Waals surface area contributed by atoms with E-state index in [4.69, 9.17) is 5.11 Å². The van der Waals surface area contributed by atoms with E-state index >= 15 is 0 Å². The zero-order valence-corrected chi connectivity index (χ0v) is 11.7. The first-order chi connectivity index (χ1) is 9.90. The second kappa shape index (κ2) is 5.88. The molecule has 0 radical (unpaired) electrons. The van der Waals surface area contributed by atoms with Gasteiger partial charge in [-0.25, -0.2) is 9.18 Å². The third-order valence-corrected chi connectivity index (χ3v) is 3.85. The van der Waals surface area contributed by atoms with Gasteiger partial charge in [0.05, 0.1) is 16.6 Å². The van der Waals surface area contributed by atoms with Crippen molar-refractivity contribution in [3.05, 3.63) is 55.5 Å². The van der Waals surface area contributed by atoms with E-state index in [2.05, 4.69) is 5.32 Å². The number of anilines is 1. The fraction of sp³-hybridized carbons (Fsp3) is 0.154. The minimum absolute atomic E-state index is 0.0237. The fourth-order valence-electron chi connectivity index (χ4n) is 1.78.